The van der Waals surface area contributed by atoms with Crippen LogP contribution in [0.25, 0.3) is 0 Å². The maximum absolute atomic E-state index is 12.6. The van der Waals surface area contributed by atoms with Gasteiger partial charge in [0.15, 0.2) is 0 Å². The molecule has 1 unspecified atom stereocenters. The van der Waals surface area contributed by atoms with Gasteiger partial charge in [-0.15, -0.1) is 0 Å². The van der Waals surface area contributed by atoms with Crippen LogP contribution in [0.3, 0.4) is 0 Å². The first-order chi connectivity index (χ1) is 17.0. The number of esters is 2. The van der Waals surface area contributed by atoms with Gasteiger partial charge < -0.3 is 9.47 Å². The summed E-state index contributed by atoms with van der Waals surface area (Å²) < 4.78 is 10.9. The molecule has 2 aromatic rings. The Morgan fingerprint density at radius 3 is 2.06 bits per heavy atom. The lowest BCUT2D eigenvalue weighted by Crippen LogP contribution is -2.16. The monoisotopic (exact) mass is 478 g/mol. The van der Waals surface area contributed by atoms with E-state index in [1.165, 1.54) is 44.1 Å². The molecule has 0 heterocycles. The van der Waals surface area contributed by atoms with Crippen molar-refractivity contribution in [1.29, 1.82) is 0 Å². The molecule has 1 aliphatic rings. The molecule has 0 spiro atoms. The molecule has 0 N–H and O–H groups in total. The quantitative estimate of drug-likeness (QED) is 0.174. The van der Waals surface area contributed by atoms with Gasteiger partial charge >= 0.3 is 11.9 Å². The third kappa shape index (κ3) is 8.83. The summed E-state index contributed by atoms with van der Waals surface area (Å²) in [5.74, 6) is 2.58. The fourth-order valence-electron chi connectivity index (χ4n) is 4.98. The second-order valence-electron chi connectivity index (χ2n) is 10.2. The first-order valence-corrected chi connectivity index (χ1v) is 13.6. The average Bonchev–Trinajstić information content (AvgIpc) is 2.88. The van der Waals surface area contributed by atoms with Crippen molar-refractivity contribution in [2.24, 2.45) is 11.8 Å². The van der Waals surface area contributed by atoms with E-state index in [9.17, 15) is 9.59 Å². The van der Waals surface area contributed by atoms with Crippen molar-refractivity contribution in [2.45, 2.75) is 97.3 Å². The highest BCUT2D eigenvalue weighted by Crippen LogP contribution is 2.38. The van der Waals surface area contributed by atoms with E-state index >= 15 is 0 Å². The Morgan fingerprint density at radius 1 is 0.829 bits per heavy atom. The van der Waals surface area contributed by atoms with Gasteiger partial charge in [-0.2, -0.15) is 0 Å². The molecule has 0 aromatic heterocycles. The second kappa shape index (κ2) is 14.1. The van der Waals surface area contributed by atoms with Crippen molar-refractivity contribution in [3.63, 3.8) is 0 Å². The van der Waals surface area contributed by atoms with Crippen LogP contribution in [0.4, 0.5) is 0 Å². The molecular weight excluding hydrogens is 436 g/mol. The van der Waals surface area contributed by atoms with E-state index in [0.29, 0.717) is 29.4 Å². The Balaban J connectivity index is 1.45. The van der Waals surface area contributed by atoms with E-state index in [1.807, 2.05) is 12.1 Å². The molecule has 4 heteroatoms. The van der Waals surface area contributed by atoms with Crippen LogP contribution in [-0.4, -0.2) is 11.9 Å². The molecule has 3 rings (SSSR count). The van der Waals surface area contributed by atoms with Crippen molar-refractivity contribution < 1.29 is 19.1 Å². The van der Waals surface area contributed by atoms with Crippen LogP contribution in [0.2, 0.25) is 0 Å². The topological polar surface area (TPSA) is 52.6 Å². The zero-order valence-electron chi connectivity index (χ0n) is 21.8. The van der Waals surface area contributed by atoms with Crippen LogP contribution >= 0.6 is 0 Å². The number of rotatable bonds is 12. The minimum absolute atomic E-state index is 0.227. The first-order valence-electron chi connectivity index (χ1n) is 13.6. The highest BCUT2D eigenvalue weighted by atomic mass is 16.5. The van der Waals surface area contributed by atoms with Crippen LogP contribution in [0.5, 0.6) is 11.5 Å². The van der Waals surface area contributed by atoms with Gasteiger partial charge in [-0.05, 0) is 98.2 Å². The van der Waals surface area contributed by atoms with Gasteiger partial charge in [0.2, 0.25) is 0 Å². The van der Waals surface area contributed by atoms with E-state index in [1.54, 1.807) is 24.3 Å². The molecule has 0 radical (unpaired) electrons. The maximum Gasteiger partial charge on any atom is 0.343 e. The summed E-state index contributed by atoms with van der Waals surface area (Å²) in [5.41, 5.74) is 1.87. The number of ether oxygens (including phenoxy) is 2. The molecule has 0 bridgehead atoms. The second-order valence-corrected chi connectivity index (χ2v) is 10.2. The van der Waals surface area contributed by atoms with Crippen molar-refractivity contribution in [1.82, 2.24) is 0 Å². The minimum Gasteiger partial charge on any atom is -0.427 e. The lowest BCUT2D eigenvalue weighted by molar-refractivity contribution is -0.134. The minimum atomic E-state index is -0.380. The van der Waals surface area contributed by atoms with Gasteiger partial charge in [-0.1, -0.05) is 58.6 Å². The standard InChI is InChI=1S/C31H42O4/c1-4-6-7-8-9-30(32)34-28-18-20-29(21-19-28)35-31(33)27-16-14-26(15-17-27)25-12-10-24(11-13-25)22-23(3)5-2/h14-21,23-25H,4-13,22H2,1-3H3. The van der Waals surface area contributed by atoms with Gasteiger partial charge in [0.1, 0.15) is 11.5 Å². The summed E-state index contributed by atoms with van der Waals surface area (Å²) in [5, 5.41) is 0. The summed E-state index contributed by atoms with van der Waals surface area (Å²) >= 11 is 0. The summed E-state index contributed by atoms with van der Waals surface area (Å²) in [6.07, 6.45) is 12.3. The number of carbonyl (C=O) groups is 2. The molecule has 1 atom stereocenters. The van der Waals surface area contributed by atoms with Gasteiger partial charge in [0.05, 0.1) is 5.56 Å². The normalized spacial score (nSPS) is 18.6. The summed E-state index contributed by atoms with van der Waals surface area (Å²) in [7, 11) is 0. The van der Waals surface area contributed by atoms with E-state index < -0.39 is 0 Å². The van der Waals surface area contributed by atoms with E-state index in [4.69, 9.17) is 9.47 Å². The van der Waals surface area contributed by atoms with Gasteiger partial charge in [-0.25, -0.2) is 4.79 Å². The van der Waals surface area contributed by atoms with Crippen molar-refractivity contribution in [3.05, 3.63) is 59.7 Å². The number of hydrogen-bond acceptors (Lipinski definition) is 4. The van der Waals surface area contributed by atoms with E-state index in [0.717, 1.165) is 37.5 Å². The Labute approximate surface area is 211 Å². The molecule has 35 heavy (non-hydrogen) atoms. The molecule has 1 fully saturated rings. The largest absolute Gasteiger partial charge is 0.427 e. The maximum atomic E-state index is 12.6. The molecule has 190 valence electrons. The number of carbonyl (C=O) groups excluding carboxylic acids is 2. The number of unbranched alkanes of at least 4 members (excludes halogenated alkanes) is 3. The molecule has 1 aliphatic carbocycles. The lowest BCUT2D eigenvalue weighted by Gasteiger charge is -2.30. The molecule has 0 saturated heterocycles. The van der Waals surface area contributed by atoms with E-state index in [-0.39, 0.29) is 11.9 Å². The smallest absolute Gasteiger partial charge is 0.343 e. The summed E-state index contributed by atoms with van der Waals surface area (Å²) in [4.78, 5) is 24.5. The molecule has 4 nitrogen and oxygen atoms in total. The highest BCUT2D eigenvalue weighted by Gasteiger charge is 2.23. The zero-order chi connectivity index (χ0) is 25.0. The van der Waals surface area contributed by atoms with Gasteiger partial charge in [0, 0.05) is 6.42 Å². The number of hydrogen-bond donors (Lipinski definition) is 0. The third-order valence-electron chi connectivity index (χ3n) is 7.40. The lowest BCUT2D eigenvalue weighted by atomic mass is 9.75. The van der Waals surface area contributed by atoms with Crippen LogP contribution < -0.4 is 9.47 Å². The Morgan fingerprint density at radius 2 is 1.46 bits per heavy atom. The molecular formula is C31H42O4. The summed E-state index contributed by atoms with van der Waals surface area (Å²) in [6, 6.07) is 14.5. The predicted octanol–water partition coefficient (Wildman–Crippen LogP) is 8.49. The molecule has 1 saturated carbocycles. The summed E-state index contributed by atoms with van der Waals surface area (Å²) in [6.45, 7) is 6.79. The Hall–Kier alpha value is -2.62. The van der Waals surface area contributed by atoms with Crippen LogP contribution in [0, 0.1) is 11.8 Å². The Bertz CT molecular complexity index is 908. The van der Waals surface area contributed by atoms with Crippen LogP contribution in [0.1, 0.15) is 113 Å². The average molecular weight is 479 g/mol. The zero-order valence-corrected chi connectivity index (χ0v) is 21.8. The van der Waals surface area contributed by atoms with Crippen LogP contribution in [0.15, 0.2) is 48.5 Å². The molecule has 2 aromatic carbocycles. The van der Waals surface area contributed by atoms with Crippen LogP contribution in [-0.2, 0) is 4.79 Å². The first kappa shape index (κ1) is 27.0. The number of benzene rings is 2. The van der Waals surface area contributed by atoms with Crippen molar-refractivity contribution >= 4 is 11.9 Å². The fourth-order valence-corrected chi connectivity index (χ4v) is 4.98. The van der Waals surface area contributed by atoms with Gasteiger partial charge in [0.25, 0.3) is 0 Å². The predicted molar refractivity (Wildman–Crippen MR) is 141 cm³/mol. The third-order valence-corrected chi connectivity index (χ3v) is 7.40. The Kier molecular flexibility index (Phi) is 10.8. The fraction of sp³-hybridized carbons (Fsp3) is 0.548. The SMILES string of the molecule is CCCCCCC(=O)Oc1ccc(OC(=O)c2ccc(C3CCC(CC(C)CC)CC3)cc2)cc1. The van der Waals surface area contributed by atoms with Crippen molar-refractivity contribution in [3.8, 4) is 11.5 Å². The van der Waals surface area contributed by atoms with Gasteiger partial charge in [-0.3, -0.25) is 4.79 Å². The molecule has 0 aliphatic heterocycles. The van der Waals surface area contributed by atoms with E-state index in [2.05, 4.69) is 32.9 Å². The van der Waals surface area contributed by atoms with Crippen molar-refractivity contribution in [2.75, 3.05) is 0 Å². The highest BCUT2D eigenvalue weighted by molar-refractivity contribution is 5.91. The molecule has 0 amide bonds.